The molecule has 0 saturated heterocycles. The molecule has 0 aliphatic carbocycles. The van der Waals surface area contributed by atoms with Gasteiger partial charge in [-0.15, -0.1) is 0 Å². The number of aliphatic hydroxyl groups excluding tert-OH is 1. The van der Waals surface area contributed by atoms with Crippen LogP contribution >= 0.6 is 0 Å². The lowest BCUT2D eigenvalue weighted by Crippen LogP contribution is -2.32. The zero-order valence-corrected chi connectivity index (χ0v) is 9.40. The maximum atomic E-state index is 11.4. The highest BCUT2D eigenvalue weighted by Crippen LogP contribution is 2.11. The summed E-state index contributed by atoms with van der Waals surface area (Å²) in [4.78, 5) is 11.4. The van der Waals surface area contributed by atoms with Gasteiger partial charge in [0.2, 0.25) is 5.91 Å². The predicted octanol–water partition coefficient (Wildman–Crippen LogP) is 1.07. The number of aromatic nitrogens is 1. The number of nitrogens with one attached hydrogen (secondary N) is 1. The normalized spacial score (nSPS) is 12.9. The van der Waals surface area contributed by atoms with Crippen molar-refractivity contribution in [1.82, 2.24) is 9.88 Å². The zero-order chi connectivity index (χ0) is 11.4. The van der Waals surface area contributed by atoms with Crippen LogP contribution in [0, 0.1) is 0 Å². The van der Waals surface area contributed by atoms with Crippen molar-refractivity contribution in [3.63, 3.8) is 0 Å². The van der Waals surface area contributed by atoms with Crippen molar-refractivity contribution < 1.29 is 9.90 Å². The number of hydrogen-bond donors (Lipinski definition) is 2. The van der Waals surface area contributed by atoms with Crippen LogP contribution in [0.2, 0.25) is 0 Å². The molecule has 1 aromatic rings. The van der Waals surface area contributed by atoms with Gasteiger partial charge in [0, 0.05) is 18.4 Å². The largest absolute Gasteiger partial charge is 0.389 e. The fraction of sp³-hybridized carbons (Fsp3) is 0.545. The van der Waals surface area contributed by atoms with E-state index in [1.807, 2.05) is 19.9 Å². The minimum Gasteiger partial charge on any atom is -0.389 e. The molecule has 15 heavy (non-hydrogen) atoms. The maximum Gasteiger partial charge on any atom is 0.240 e. The quantitative estimate of drug-likeness (QED) is 0.781. The van der Waals surface area contributed by atoms with Crippen LogP contribution in [0.3, 0.4) is 0 Å². The van der Waals surface area contributed by atoms with Crippen LogP contribution in [0.1, 0.15) is 32.4 Å². The molecule has 4 heteroatoms. The molecule has 4 nitrogen and oxygen atoms in total. The first-order valence-corrected chi connectivity index (χ1v) is 5.12. The minimum absolute atomic E-state index is 0.0160. The highest BCUT2D eigenvalue weighted by Gasteiger charge is 2.06. The second kappa shape index (κ2) is 4.98. The van der Waals surface area contributed by atoms with Gasteiger partial charge >= 0.3 is 0 Å². The van der Waals surface area contributed by atoms with E-state index in [9.17, 15) is 9.90 Å². The second-order valence-corrected chi connectivity index (χ2v) is 4.02. The highest BCUT2D eigenvalue weighted by atomic mass is 16.3. The van der Waals surface area contributed by atoms with Crippen LogP contribution in [-0.2, 0) is 11.3 Å². The molecule has 1 amide bonds. The molecule has 2 N–H and O–H groups in total. The molecule has 84 valence electrons. The number of amides is 1. The first-order valence-electron chi connectivity index (χ1n) is 5.12. The van der Waals surface area contributed by atoms with Gasteiger partial charge in [0.15, 0.2) is 0 Å². The lowest BCUT2D eigenvalue weighted by Gasteiger charge is -2.08. The lowest BCUT2D eigenvalue weighted by atomic mass is 10.2. The van der Waals surface area contributed by atoms with Gasteiger partial charge in [0.05, 0.1) is 6.10 Å². The smallest absolute Gasteiger partial charge is 0.240 e. The van der Waals surface area contributed by atoms with E-state index in [1.54, 1.807) is 23.9 Å². The monoisotopic (exact) mass is 210 g/mol. The van der Waals surface area contributed by atoms with Crippen molar-refractivity contribution in [2.24, 2.45) is 0 Å². The Kier molecular flexibility index (Phi) is 3.91. The van der Waals surface area contributed by atoms with Crippen molar-refractivity contribution in [2.75, 3.05) is 0 Å². The van der Waals surface area contributed by atoms with Crippen LogP contribution in [0.4, 0.5) is 0 Å². The summed E-state index contributed by atoms with van der Waals surface area (Å²) in [6, 6.07) is 1.97. The van der Waals surface area contributed by atoms with E-state index in [0.29, 0.717) is 6.54 Å². The van der Waals surface area contributed by atoms with Gasteiger partial charge in [-0.05, 0) is 32.4 Å². The SMILES string of the molecule is CC(C)NC(=O)Cn1ccc(C(C)O)c1. The molecule has 0 spiro atoms. The van der Waals surface area contributed by atoms with Crippen LogP contribution in [-0.4, -0.2) is 21.6 Å². The first-order chi connectivity index (χ1) is 6.99. The maximum absolute atomic E-state index is 11.4. The molecule has 0 aromatic carbocycles. The average Bonchev–Trinajstić information content (AvgIpc) is 2.50. The molecule has 1 heterocycles. The molecule has 0 bridgehead atoms. The molecule has 0 saturated carbocycles. The third-order valence-electron chi connectivity index (χ3n) is 2.03. The summed E-state index contributed by atoms with van der Waals surface area (Å²) >= 11 is 0. The summed E-state index contributed by atoms with van der Waals surface area (Å²) in [5.41, 5.74) is 0.826. The van der Waals surface area contributed by atoms with Crippen molar-refractivity contribution in [1.29, 1.82) is 0 Å². The third kappa shape index (κ3) is 3.75. The van der Waals surface area contributed by atoms with Gasteiger partial charge in [-0.1, -0.05) is 0 Å². The molecule has 1 atom stereocenters. The van der Waals surface area contributed by atoms with E-state index >= 15 is 0 Å². The number of nitrogens with zero attached hydrogens (tertiary/aromatic N) is 1. The summed E-state index contributed by atoms with van der Waals surface area (Å²) in [5, 5.41) is 12.1. The van der Waals surface area contributed by atoms with Gasteiger partial charge in [-0.25, -0.2) is 0 Å². The number of carbonyl (C=O) groups excluding carboxylic acids is 1. The van der Waals surface area contributed by atoms with E-state index < -0.39 is 6.10 Å². The molecular formula is C11H18N2O2. The molecule has 1 aromatic heterocycles. The minimum atomic E-state index is -0.487. The van der Waals surface area contributed by atoms with Crippen LogP contribution < -0.4 is 5.32 Å². The Morgan fingerprint density at radius 2 is 2.20 bits per heavy atom. The molecule has 0 aliphatic rings. The molecule has 0 radical (unpaired) electrons. The molecule has 0 aliphatic heterocycles. The van der Waals surface area contributed by atoms with E-state index in [4.69, 9.17) is 0 Å². The highest BCUT2D eigenvalue weighted by molar-refractivity contribution is 5.75. The van der Waals surface area contributed by atoms with E-state index in [0.717, 1.165) is 5.56 Å². The first kappa shape index (κ1) is 11.8. The Hall–Kier alpha value is -1.29. The second-order valence-electron chi connectivity index (χ2n) is 4.02. The van der Waals surface area contributed by atoms with Crippen molar-refractivity contribution in [3.8, 4) is 0 Å². The molecular weight excluding hydrogens is 192 g/mol. The van der Waals surface area contributed by atoms with E-state index in [1.165, 1.54) is 0 Å². The Morgan fingerprint density at radius 1 is 1.53 bits per heavy atom. The van der Waals surface area contributed by atoms with Crippen LogP contribution in [0.15, 0.2) is 18.5 Å². The number of aliphatic hydroxyl groups is 1. The lowest BCUT2D eigenvalue weighted by molar-refractivity contribution is -0.122. The summed E-state index contributed by atoms with van der Waals surface area (Å²) in [7, 11) is 0. The topological polar surface area (TPSA) is 54.3 Å². The van der Waals surface area contributed by atoms with Crippen LogP contribution in [0.25, 0.3) is 0 Å². The molecule has 1 unspecified atom stereocenters. The fourth-order valence-corrected chi connectivity index (χ4v) is 1.34. The average molecular weight is 210 g/mol. The number of rotatable bonds is 4. The Labute approximate surface area is 89.9 Å². The zero-order valence-electron chi connectivity index (χ0n) is 9.40. The van der Waals surface area contributed by atoms with Gasteiger partial charge < -0.3 is 15.0 Å². The van der Waals surface area contributed by atoms with Crippen molar-refractivity contribution >= 4 is 5.91 Å². The summed E-state index contributed by atoms with van der Waals surface area (Å²) in [6.07, 6.45) is 3.09. The summed E-state index contributed by atoms with van der Waals surface area (Å²) < 4.78 is 1.76. The van der Waals surface area contributed by atoms with Crippen LogP contribution in [0.5, 0.6) is 0 Å². The third-order valence-corrected chi connectivity index (χ3v) is 2.03. The number of carbonyl (C=O) groups is 1. The Balaban J connectivity index is 2.53. The predicted molar refractivity (Wildman–Crippen MR) is 58.3 cm³/mol. The molecule has 1 rings (SSSR count). The standard InChI is InChI=1S/C11H18N2O2/c1-8(2)12-11(15)7-13-5-4-10(6-13)9(3)14/h4-6,8-9,14H,7H2,1-3H3,(H,12,15). The number of hydrogen-bond acceptors (Lipinski definition) is 2. The van der Waals surface area contributed by atoms with Gasteiger partial charge in [-0.3, -0.25) is 4.79 Å². The Bertz CT molecular complexity index is 329. The van der Waals surface area contributed by atoms with Gasteiger partial charge in [0.1, 0.15) is 6.54 Å². The summed E-state index contributed by atoms with van der Waals surface area (Å²) in [6.45, 7) is 5.85. The molecule has 0 fully saturated rings. The fourth-order valence-electron chi connectivity index (χ4n) is 1.34. The van der Waals surface area contributed by atoms with Gasteiger partial charge in [0.25, 0.3) is 0 Å². The van der Waals surface area contributed by atoms with Crippen molar-refractivity contribution in [2.45, 2.75) is 39.5 Å². The van der Waals surface area contributed by atoms with Gasteiger partial charge in [-0.2, -0.15) is 0 Å². The van der Waals surface area contributed by atoms with Crippen molar-refractivity contribution in [3.05, 3.63) is 24.0 Å². The van der Waals surface area contributed by atoms with E-state index in [2.05, 4.69) is 5.32 Å². The summed E-state index contributed by atoms with van der Waals surface area (Å²) in [5.74, 6) is -0.0160. The Morgan fingerprint density at radius 3 is 2.67 bits per heavy atom. The van der Waals surface area contributed by atoms with E-state index in [-0.39, 0.29) is 11.9 Å².